The smallest absolute Gasteiger partial charge is 0.143 e. The first-order valence-electron chi connectivity index (χ1n) is 4.86. The van der Waals surface area contributed by atoms with Crippen LogP contribution in [0.25, 0.3) is 0 Å². The zero-order valence-corrected chi connectivity index (χ0v) is 11.8. The van der Waals surface area contributed by atoms with Crippen molar-refractivity contribution in [2.24, 2.45) is 0 Å². The minimum Gasteiger partial charge on any atom is -0.395 e. The number of hydrogen-bond donors (Lipinski definition) is 1. The number of rotatable bonds is 5. The molecule has 0 saturated carbocycles. The van der Waals surface area contributed by atoms with E-state index in [0.717, 1.165) is 27.7 Å². The van der Waals surface area contributed by atoms with Gasteiger partial charge in [0.2, 0.25) is 0 Å². The minimum absolute atomic E-state index is 0.143. The van der Waals surface area contributed by atoms with E-state index in [0.29, 0.717) is 6.54 Å². The summed E-state index contributed by atoms with van der Waals surface area (Å²) in [5.74, 6) is 0.883. The third-order valence-corrected chi connectivity index (χ3v) is 2.97. The molecule has 0 fully saturated rings. The first-order valence-corrected chi connectivity index (χ1v) is 6.44. The summed E-state index contributed by atoms with van der Waals surface area (Å²) in [5, 5.41) is 8.98. The Bertz CT molecular complexity index is 314. The second-order valence-corrected chi connectivity index (χ2v) is 4.94. The maximum absolute atomic E-state index is 8.98. The summed E-state index contributed by atoms with van der Waals surface area (Å²) < 4.78 is 1.89. The Morgan fingerprint density at radius 1 is 1.40 bits per heavy atom. The fourth-order valence-electron chi connectivity index (χ4n) is 1.35. The molecule has 1 rings (SSSR count). The van der Waals surface area contributed by atoms with Gasteiger partial charge in [0.05, 0.1) is 11.1 Å². The lowest BCUT2D eigenvalue weighted by Gasteiger charge is -2.23. The number of anilines is 1. The number of aromatic nitrogens is 1. The maximum atomic E-state index is 8.98. The quantitative estimate of drug-likeness (QED) is 0.897. The second kappa shape index (κ2) is 6.45. The van der Waals surface area contributed by atoms with E-state index in [1.54, 1.807) is 6.20 Å². The molecule has 0 atom stereocenters. The molecule has 0 bridgehead atoms. The van der Waals surface area contributed by atoms with E-state index in [9.17, 15) is 0 Å². The summed E-state index contributed by atoms with van der Waals surface area (Å²) in [7, 11) is 0. The fourth-order valence-corrected chi connectivity index (χ4v) is 2.59. The molecule has 0 spiro atoms. The van der Waals surface area contributed by atoms with Gasteiger partial charge in [-0.15, -0.1) is 0 Å². The van der Waals surface area contributed by atoms with Crippen LogP contribution in [0.2, 0.25) is 0 Å². The Balaban J connectivity index is 2.89. The molecule has 0 saturated heterocycles. The summed E-state index contributed by atoms with van der Waals surface area (Å²) in [4.78, 5) is 6.40. The third kappa shape index (κ3) is 3.74. The van der Waals surface area contributed by atoms with Crippen LogP contribution in [0.1, 0.15) is 13.3 Å². The van der Waals surface area contributed by atoms with Gasteiger partial charge in [0.1, 0.15) is 5.82 Å². The van der Waals surface area contributed by atoms with Crippen molar-refractivity contribution in [3.05, 3.63) is 21.2 Å². The standard InChI is InChI=1S/C10H14Br2N2O/c1-2-3-14(4-5-15)10-9(12)6-8(11)7-13-10/h6-7,15H,2-5H2,1H3. The van der Waals surface area contributed by atoms with Gasteiger partial charge in [0.15, 0.2) is 0 Å². The van der Waals surface area contributed by atoms with Crippen LogP contribution < -0.4 is 4.90 Å². The Hall–Kier alpha value is -0.130. The van der Waals surface area contributed by atoms with Crippen molar-refractivity contribution < 1.29 is 5.11 Å². The van der Waals surface area contributed by atoms with E-state index in [-0.39, 0.29) is 6.61 Å². The van der Waals surface area contributed by atoms with Crippen molar-refractivity contribution >= 4 is 37.7 Å². The van der Waals surface area contributed by atoms with Crippen LogP contribution in [0.5, 0.6) is 0 Å². The molecule has 0 aliphatic carbocycles. The van der Waals surface area contributed by atoms with Crippen LogP contribution in [0.3, 0.4) is 0 Å². The Labute approximate surface area is 107 Å². The number of halogens is 2. The van der Waals surface area contributed by atoms with E-state index >= 15 is 0 Å². The summed E-state index contributed by atoms with van der Waals surface area (Å²) in [6.07, 6.45) is 2.80. The highest BCUT2D eigenvalue weighted by atomic mass is 79.9. The monoisotopic (exact) mass is 336 g/mol. The van der Waals surface area contributed by atoms with E-state index in [1.807, 2.05) is 6.07 Å². The van der Waals surface area contributed by atoms with Crippen molar-refractivity contribution in [2.75, 3.05) is 24.6 Å². The van der Waals surface area contributed by atoms with Crippen LogP contribution in [0.15, 0.2) is 21.2 Å². The molecule has 1 heterocycles. The first kappa shape index (κ1) is 12.9. The van der Waals surface area contributed by atoms with E-state index in [4.69, 9.17) is 5.11 Å². The topological polar surface area (TPSA) is 36.4 Å². The van der Waals surface area contributed by atoms with Crippen LogP contribution >= 0.6 is 31.9 Å². The molecule has 5 heteroatoms. The summed E-state index contributed by atoms with van der Waals surface area (Å²) in [6.45, 7) is 3.76. The SMILES string of the molecule is CCCN(CCO)c1ncc(Br)cc1Br. The molecule has 0 amide bonds. The predicted octanol–water partition coefficient (Wildman–Crippen LogP) is 2.82. The zero-order valence-electron chi connectivity index (χ0n) is 8.58. The number of hydrogen-bond acceptors (Lipinski definition) is 3. The third-order valence-electron chi connectivity index (χ3n) is 1.95. The second-order valence-electron chi connectivity index (χ2n) is 3.17. The van der Waals surface area contributed by atoms with Crippen LogP contribution in [-0.2, 0) is 0 Å². The average molecular weight is 338 g/mol. The lowest BCUT2D eigenvalue weighted by atomic mass is 10.3. The molecular formula is C10H14Br2N2O. The Kier molecular flexibility index (Phi) is 5.56. The lowest BCUT2D eigenvalue weighted by molar-refractivity contribution is 0.301. The van der Waals surface area contributed by atoms with Crippen LogP contribution in [-0.4, -0.2) is 29.8 Å². The predicted molar refractivity (Wildman–Crippen MR) is 69.2 cm³/mol. The van der Waals surface area contributed by atoms with Gasteiger partial charge in [-0.2, -0.15) is 0 Å². The van der Waals surface area contributed by atoms with Gasteiger partial charge in [-0.25, -0.2) is 4.98 Å². The van der Waals surface area contributed by atoms with Gasteiger partial charge in [0.25, 0.3) is 0 Å². The van der Waals surface area contributed by atoms with E-state index < -0.39 is 0 Å². The zero-order chi connectivity index (χ0) is 11.3. The molecular weight excluding hydrogens is 324 g/mol. The average Bonchev–Trinajstić information content (AvgIpc) is 2.17. The van der Waals surface area contributed by atoms with Gasteiger partial charge in [-0.3, -0.25) is 0 Å². The minimum atomic E-state index is 0.143. The van der Waals surface area contributed by atoms with Crippen LogP contribution in [0.4, 0.5) is 5.82 Å². The summed E-state index contributed by atoms with van der Waals surface area (Å²) in [6, 6.07) is 1.96. The molecule has 1 aromatic rings. The molecule has 1 aromatic heterocycles. The van der Waals surface area contributed by atoms with Crippen molar-refractivity contribution in [2.45, 2.75) is 13.3 Å². The largest absolute Gasteiger partial charge is 0.395 e. The highest BCUT2D eigenvalue weighted by molar-refractivity contribution is 9.11. The van der Waals surface area contributed by atoms with Crippen LogP contribution in [0, 0.1) is 0 Å². The molecule has 84 valence electrons. The van der Waals surface area contributed by atoms with Crippen molar-refractivity contribution in [1.29, 1.82) is 0 Å². The molecule has 15 heavy (non-hydrogen) atoms. The van der Waals surface area contributed by atoms with Gasteiger partial charge >= 0.3 is 0 Å². The molecule has 0 aromatic carbocycles. The number of aliphatic hydroxyl groups excluding tert-OH is 1. The first-order chi connectivity index (χ1) is 7.19. The molecule has 0 aliphatic heterocycles. The van der Waals surface area contributed by atoms with Gasteiger partial charge in [-0.1, -0.05) is 6.92 Å². The van der Waals surface area contributed by atoms with Crippen molar-refractivity contribution in [3.63, 3.8) is 0 Å². The van der Waals surface area contributed by atoms with Crippen molar-refractivity contribution in [1.82, 2.24) is 4.98 Å². The van der Waals surface area contributed by atoms with Crippen molar-refractivity contribution in [3.8, 4) is 0 Å². The van der Waals surface area contributed by atoms with E-state index in [1.165, 1.54) is 0 Å². The normalized spacial score (nSPS) is 10.4. The molecule has 0 radical (unpaired) electrons. The molecule has 1 N–H and O–H groups in total. The molecule has 3 nitrogen and oxygen atoms in total. The Morgan fingerprint density at radius 3 is 2.67 bits per heavy atom. The highest BCUT2D eigenvalue weighted by Gasteiger charge is 2.10. The number of aliphatic hydroxyl groups is 1. The number of nitrogens with zero attached hydrogens (tertiary/aromatic N) is 2. The van der Waals surface area contributed by atoms with Gasteiger partial charge < -0.3 is 10.0 Å². The summed E-state index contributed by atoms with van der Waals surface area (Å²) in [5.41, 5.74) is 0. The summed E-state index contributed by atoms with van der Waals surface area (Å²) >= 11 is 6.83. The molecule has 0 unspecified atom stereocenters. The van der Waals surface area contributed by atoms with Gasteiger partial charge in [-0.05, 0) is 44.3 Å². The fraction of sp³-hybridized carbons (Fsp3) is 0.500. The Morgan fingerprint density at radius 2 is 2.13 bits per heavy atom. The molecule has 0 aliphatic rings. The van der Waals surface area contributed by atoms with Gasteiger partial charge in [0, 0.05) is 23.8 Å². The highest BCUT2D eigenvalue weighted by Crippen LogP contribution is 2.26. The lowest BCUT2D eigenvalue weighted by Crippen LogP contribution is -2.28. The maximum Gasteiger partial charge on any atom is 0.143 e. The van der Waals surface area contributed by atoms with E-state index in [2.05, 4.69) is 48.7 Å². The number of pyridine rings is 1.